The topological polar surface area (TPSA) is 79.9 Å². The van der Waals surface area contributed by atoms with Crippen molar-refractivity contribution in [1.82, 2.24) is 10.2 Å². The molecule has 7 heteroatoms. The average molecular weight is 414 g/mol. The molecule has 2 aromatic rings. The fourth-order valence-electron chi connectivity index (χ4n) is 3.09. The Bertz CT molecular complexity index is 819. The van der Waals surface area contributed by atoms with E-state index in [1.165, 1.54) is 0 Å². The van der Waals surface area contributed by atoms with Crippen LogP contribution in [0.4, 0.5) is 5.69 Å². The second-order valence-corrected chi connectivity index (χ2v) is 7.51. The molecule has 1 unspecified atom stereocenters. The molecular formula is C23H31N3O4. The Morgan fingerprint density at radius 3 is 1.87 bits per heavy atom. The molecule has 1 atom stereocenters. The number of nitrogens with one attached hydrogen (secondary N) is 2. The lowest BCUT2D eigenvalue weighted by atomic mass is 9.96. The molecule has 2 rings (SSSR count). The van der Waals surface area contributed by atoms with Crippen LogP contribution < -0.4 is 20.1 Å². The minimum Gasteiger partial charge on any atom is -0.497 e. The van der Waals surface area contributed by atoms with Crippen LogP contribution in [-0.2, 0) is 9.59 Å². The molecule has 162 valence electrons. The summed E-state index contributed by atoms with van der Waals surface area (Å²) in [6, 6.07) is 14.6. The second kappa shape index (κ2) is 11.2. The molecule has 2 aromatic carbocycles. The zero-order valence-electron chi connectivity index (χ0n) is 18.3. The van der Waals surface area contributed by atoms with E-state index in [4.69, 9.17) is 9.47 Å². The standard InChI is InChI=1S/C23H31N3O4/c1-16(2)23(17-6-10-19(29-4)11-7-17)25-22(28)15-26(3)14-21(27)24-18-8-12-20(30-5)13-9-18/h6-13,16,23H,14-15H2,1-5H3,(H,24,27)(H,25,28). The zero-order valence-corrected chi connectivity index (χ0v) is 18.3. The molecule has 0 fully saturated rings. The summed E-state index contributed by atoms with van der Waals surface area (Å²) >= 11 is 0. The summed E-state index contributed by atoms with van der Waals surface area (Å²) in [5.74, 6) is 1.38. The van der Waals surface area contributed by atoms with Gasteiger partial charge in [-0.3, -0.25) is 14.5 Å². The predicted molar refractivity (Wildman–Crippen MR) is 118 cm³/mol. The summed E-state index contributed by atoms with van der Waals surface area (Å²) in [6.45, 7) is 4.34. The number of hydrogen-bond acceptors (Lipinski definition) is 5. The van der Waals surface area contributed by atoms with Gasteiger partial charge >= 0.3 is 0 Å². The Labute approximate surface area is 178 Å². The van der Waals surface area contributed by atoms with Crippen molar-refractivity contribution in [3.8, 4) is 11.5 Å². The van der Waals surface area contributed by atoms with Gasteiger partial charge in [-0.05, 0) is 54.9 Å². The summed E-state index contributed by atoms with van der Waals surface area (Å²) in [4.78, 5) is 26.5. The van der Waals surface area contributed by atoms with Crippen LogP contribution in [0.1, 0.15) is 25.5 Å². The number of methoxy groups -OCH3 is 2. The molecule has 30 heavy (non-hydrogen) atoms. The van der Waals surface area contributed by atoms with Gasteiger partial charge in [-0.25, -0.2) is 0 Å². The largest absolute Gasteiger partial charge is 0.497 e. The normalized spacial score (nSPS) is 11.8. The van der Waals surface area contributed by atoms with Crippen LogP contribution in [0, 0.1) is 5.92 Å². The van der Waals surface area contributed by atoms with E-state index in [0.29, 0.717) is 5.69 Å². The SMILES string of the molecule is COc1ccc(NC(=O)CN(C)CC(=O)NC(c2ccc(OC)cc2)C(C)C)cc1. The average Bonchev–Trinajstić information content (AvgIpc) is 2.72. The second-order valence-electron chi connectivity index (χ2n) is 7.51. The van der Waals surface area contributed by atoms with Crippen molar-refractivity contribution >= 4 is 17.5 Å². The molecule has 7 nitrogen and oxygen atoms in total. The van der Waals surface area contributed by atoms with E-state index in [-0.39, 0.29) is 36.9 Å². The van der Waals surface area contributed by atoms with E-state index in [2.05, 4.69) is 24.5 Å². The first-order chi connectivity index (χ1) is 14.3. The third-order valence-electron chi connectivity index (χ3n) is 4.66. The maximum absolute atomic E-state index is 12.6. The van der Waals surface area contributed by atoms with Gasteiger partial charge in [0.25, 0.3) is 0 Å². The van der Waals surface area contributed by atoms with E-state index < -0.39 is 0 Å². The lowest BCUT2D eigenvalue weighted by Gasteiger charge is -2.24. The van der Waals surface area contributed by atoms with Gasteiger partial charge in [0.05, 0.1) is 33.4 Å². The first-order valence-electron chi connectivity index (χ1n) is 9.88. The number of likely N-dealkylation sites (N-methyl/N-ethyl adjacent to an activating group) is 1. The van der Waals surface area contributed by atoms with Gasteiger partial charge in [0.2, 0.25) is 11.8 Å². The van der Waals surface area contributed by atoms with Gasteiger partial charge < -0.3 is 20.1 Å². The quantitative estimate of drug-likeness (QED) is 0.626. The minimum absolute atomic E-state index is 0.105. The number of hydrogen-bond donors (Lipinski definition) is 2. The van der Waals surface area contributed by atoms with E-state index in [1.807, 2.05) is 24.3 Å². The lowest BCUT2D eigenvalue weighted by molar-refractivity contribution is -0.123. The Morgan fingerprint density at radius 2 is 1.37 bits per heavy atom. The first-order valence-corrected chi connectivity index (χ1v) is 9.88. The van der Waals surface area contributed by atoms with E-state index in [0.717, 1.165) is 17.1 Å². The molecule has 2 N–H and O–H groups in total. The van der Waals surface area contributed by atoms with Crippen molar-refractivity contribution < 1.29 is 19.1 Å². The van der Waals surface area contributed by atoms with Crippen molar-refractivity contribution in [2.75, 3.05) is 39.7 Å². The molecule has 0 aromatic heterocycles. The van der Waals surface area contributed by atoms with Gasteiger partial charge in [0.15, 0.2) is 0 Å². The monoisotopic (exact) mass is 413 g/mol. The van der Waals surface area contributed by atoms with Crippen molar-refractivity contribution in [1.29, 1.82) is 0 Å². The number of nitrogens with zero attached hydrogens (tertiary/aromatic N) is 1. The first kappa shape index (κ1) is 23.2. The molecule has 0 bridgehead atoms. The summed E-state index contributed by atoms with van der Waals surface area (Å²) < 4.78 is 10.3. The number of rotatable bonds is 10. The number of carbonyl (C=O) groups is 2. The highest BCUT2D eigenvalue weighted by molar-refractivity contribution is 5.92. The van der Waals surface area contributed by atoms with Crippen LogP contribution >= 0.6 is 0 Å². The Morgan fingerprint density at radius 1 is 0.867 bits per heavy atom. The maximum atomic E-state index is 12.6. The molecule has 2 amide bonds. The van der Waals surface area contributed by atoms with Crippen molar-refractivity contribution in [3.05, 3.63) is 54.1 Å². The van der Waals surface area contributed by atoms with Crippen molar-refractivity contribution in [2.24, 2.45) is 5.92 Å². The number of amides is 2. The maximum Gasteiger partial charge on any atom is 0.238 e. The van der Waals surface area contributed by atoms with Crippen LogP contribution in [-0.4, -0.2) is 51.1 Å². The molecule has 0 aliphatic rings. The van der Waals surface area contributed by atoms with Crippen LogP contribution in [0.25, 0.3) is 0 Å². The molecule has 0 heterocycles. The van der Waals surface area contributed by atoms with Crippen molar-refractivity contribution in [3.63, 3.8) is 0 Å². The Balaban J connectivity index is 1.87. The van der Waals surface area contributed by atoms with Gasteiger partial charge in [0.1, 0.15) is 11.5 Å². The number of anilines is 1. The lowest BCUT2D eigenvalue weighted by Crippen LogP contribution is -2.41. The fraction of sp³-hybridized carbons (Fsp3) is 0.391. The molecule has 0 radical (unpaired) electrons. The van der Waals surface area contributed by atoms with E-state index in [9.17, 15) is 9.59 Å². The molecule has 0 saturated carbocycles. The Hall–Kier alpha value is -3.06. The van der Waals surface area contributed by atoms with E-state index in [1.54, 1.807) is 50.4 Å². The Kier molecular flexibility index (Phi) is 8.68. The zero-order chi connectivity index (χ0) is 22.1. The highest BCUT2D eigenvalue weighted by atomic mass is 16.5. The number of benzene rings is 2. The molecule has 0 aliphatic carbocycles. The van der Waals surface area contributed by atoms with Gasteiger partial charge in [-0.2, -0.15) is 0 Å². The fourth-order valence-corrected chi connectivity index (χ4v) is 3.09. The highest BCUT2D eigenvalue weighted by Crippen LogP contribution is 2.23. The third-order valence-corrected chi connectivity index (χ3v) is 4.66. The van der Waals surface area contributed by atoms with Gasteiger partial charge in [-0.15, -0.1) is 0 Å². The molecular weight excluding hydrogens is 382 g/mol. The summed E-state index contributed by atoms with van der Waals surface area (Å²) in [5.41, 5.74) is 1.69. The molecule has 0 spiro atoms. The summed E-state index contributed by atoms with van der Waals surface area (Å²) in [6.07, 6.45) is 0. The molecule has 0 saturated heterocycles. The number of carbonyl (C=O) groups excluding carboxylic acids is 2. The van der Waals surface area contributed by atoms with E-state index >= 15 is 0 Å². The van der Waals surface area contributed by atoms with Gasteiger partial charge in [0, 0.05) is 5.69 Å². The van der Waals surface area contributed by atoms with Crippen LogP contribution in [0.3, 0.4) is 0 Å². The van der Waals surface area contributed by atoms with Crippen LogP contribution in [0.15, 0.2) is 48.5 Å². The van der Waals surface area contributed by atoms with Gasteiger partial charge in [-0.1, -0.05) is 26.0 Å². The summed E-state index contributed by atoms with van der Waals surface area (Å²) in [5, 5.41) is 5.88. The highest BCUT2D eigenvalue weighted by Gasteiger charge is 2.20. The van der Waals surface area contributed by atoms with Crippen LogP contribution in [0.2, 0.25) is 0 Å². The smallest absolute Gasteiger partial charge is 0.238 e. The number of ether oxygens (including phenoxy) is 2. The third kappa shape index (κ3) is 7.08. The minimum atomic E-state index is -0.189. The molecule has 0 aliphatic heterocycles. The van der Waals surface area contributed by atoms with Crippen LogP contribution in [0.5, 0.6) is 11.5 Å². The van der Waals surface area contributed by atoms with Crippen molar-refractivity contribution in [2.45, 2.75) is 19.9 Å². The predicted octanol–water partition coefficient (Wildman–Crippen LogP) is 3.09. The summed E-state index contributed by atoms with van der Waals surface area (Å²) in [7, 11) is 4.95.